The first kappa shape index (κ1) is 26.3. The molecule has 0 aliphatic carbocycles. The van der Waals surface area contributed by atoms with Crippen LogP contribution in [0.25, 0.3) is 5.00 Å². The summed E-state index contributed by atoms with van der Waals surface area (Å²) in [6.45, 7) is 19.7. The van der Waals surface area contributed by atoms with Gasteiger partial charge in [-0.3, -0.25) is 9.56 Å². The molecule has 4 rings (SSSR count). The number of hydrogen-bond acceptors (Lipinski definition) is 7. The van der Waals surface area contributed by atoms with E-state index in [0.29, 0.717) is 6.54 Å². The molecule has 1 aliphatic rings. The Balaban J connectivity index is 0.000000532. The summed E-state index contributed by atoms with van der Waals surface area (Å²) in [5.41, 5.74) is 4.26. The Kier molecular flexibility index (Phi) is 10.3. The fourth-order valence-electron chi connectivity index (χ4n) is 2.80. The van der Waals surface area contributed by atoms with Crippen molar-refractivity contribution in [3.63, 3.8) is 0 Å². The van der Waals surface area contributed by atoms with Crippen molar-refractivity contribution in [3.8, 4) is 5.00 Å². The zero-order valence-electron chi connectivity index (χ0n) is 20.4. The molecule has 0 aromatic carbocycles. The summed E-state index contributed by atoms with van der Waals surface area (Å²) in [6.07, 6.45) is 3.69. The molecule has 168 valence electrons. The van der Waals surface area contributed by atoms with Crippen LogP contribution in [0.2, 0.25) is 0 Å². The largest absolute Gasteiger partial charge is 0.300 e. The van der Waals surface area contributed by atoms with Gasteiger partial charge < -0.3 is 4.79 Å². The Morgan fingerprint density at radius 2 is 1.52 bits per heavy atom. The second-order valence-corrected chi connectivity index (χ2v) is 7.76. The monoisotopic (exact) mass is 442 g/mol. The Morgan fingerprint density at radius 3 is 2.06 bits per heavy atom. The average molecular weight is 443 g/mol. The summed E-state index contributed by atoms with van der Waals surface area (Å²) < 4.78 is 2.12. The van der Waals surface area contributed by atoms with Crippen LogP contribution in [0.4, 0.5) is 0 Å². The zero-order valence-corrected chi connectivity index (χ0v) is 21.2. The van der Waals surface area contributed by atoms with Gasteiger partial charge in [0.25, 0.3) is 0 Å². The summed E-state index contributed by atoms with van der Waals surface area (Å²) in [7, 11) is 0. The molecule has 0 spiro atoms. The molecule has 0 N–H and O–H groups in total. The van der Waals surface area contributed by atoms with Crippen LogP contribution in [-0.2, 0) is 11.3 Å². The van der Waals surface area contributed by atoms with Gasteiger partial charge in [0.1, 0.15) is 29.0 Å². The van der Waals surface area contributed by atoms with Gasteiger partial charge in [-0.05, 0) is 47.1 Å². The van der Waals surface area contributed by atoms with E-state index < -0.39 is 0 Å². The van der Waals surface area contributed by atoms with E-state index in [-0.39, 0.29) is 5.78 Å². The van der Waals surface area contributed by atoms with Crippen molar-refractivity contribution >= 4 is 22.8 Å². The molecule has 8 heteroatoms. The Bertz CT molecular complexity index is 1030. The SMILES string of the molecule is CC.CC.CC(C)=O.Cc1ncc(C2=NCc3nnc(C)n3-c3sc(C)c(C)c32)cn1. The van der Waals surface area contributed by atoms with Crippen LogP contribution >= 0.6 is 11.3 Å². The minimum Gasteiger partial charge on any atom is -0.300 e. The predicted molar refractivity (Wildman–Crippen MR) is 129 cm³/mol. The lowest BCUT2D eigenvalue weighted by Gasteiger charge is -2.08. The Labute approximate surface area is 189 Å². The number of fused-ring (bicyclic) bond motifs is 3. The van der Waals surface area contributed by atoms with Crippen molar-refractivity contribution in [1.29, 1.82) is 0 Å². The fraction of sp³-hybridized carbons (Fsp3) is 0.478. The molecular weight excluding hydrogens is 408 g/mol. The molecule has 0 saturated carbocycles. The number of hydrogen-bond donors (Lipinski definition) is 0. The Morgan fingerprint density at radius 1 is 0.968 bits per heavy atom. The van der Waals surface area contributed by atoms with Gasteiger partial charge in [0, 0.05) is 28.4 Å². The first-order valence-corrected chi connectivity index (χ1v) is 11.4. The van der Waals surface area contributed by atoms with Crippen LogP contribution in [0.15, 0.2) is 17.4 Å². The van der Waals surface area contributed by atoms with Crippen LogP contribution in [0.3, 0.4) is 0 Å². The average Bonchev–Trinajstić information content (AvgIpc) is 3.19. The van der Waals surface area contributed by atoms with Crippen LogP contribution in [-0.4, -0.2) is 36.2 Å². The Hall–Kier alpha value is -2.74. The van der Waals surface area contributed by atoms with Crippen molar-refractivity contribution < 1.29 is 4.79 Å². The molecule has 0 bridgehead atoms. The molecule has 7 nitrogen and oxygen atoms in total. The minimum absolute atomic E-state index is 0.167. The third-order valence-electron chi connectivity index (χ3n) is 4.13. The van der Waals surface area contributed by atoms with Gasteiger partial charge in [-0.2, -0.15) is 0 Å². The van der Waals surface area contributed by atoms with E-state index in [2.05, 4.69) is 38.6 Å². The number of aliphatic imine (C=N–C) groups is 1. The van der Waals surface area contributed by atoms with Gasteiger partial charge in [-0.1, -0.05) is 27.7 Å². The molecule has 0 atom stereocenters. The van der Waals surface area contributed by atoms with E-state index in [0.717, 1.165) is 39.3 Å². The van der Waals surface area contributed by atoms with Crippen molar-refractivity contribution in [2.75, 3.05) is 0 Å². The number of carbonyl (C=O) groups excluding carboxylic acids is 1. The van der Waals surface area contributed by atoms with E-state index in [9.17, 15) is 4.79 Å². The van der Waals surface area contributed by atoms with Crippen LogP contribution in [0, 0.1) is 27.7 Å². The molecule has 0 unspecified atom stereocenters. The number of ketones is 1. The van der Waals surface area contributed by atoms with Crippen molar-refractivity contribution in [3.05, 3.63) is 51.4 Å². The third-order valence-corrected chi connectivity index (χ3v) is 5.32. The molecule has 31 heavy (non-hydrogen) atoms. The predicted octanol–water partition coefficient (Wildman–Crippen LogP) is 5.35. The minimum atomic E-state index is 0.167. The number of rotatable bonds is 1. The normalized spacial score (nSPS) is 11.1. The standard InChI is InChI=1S/C16H16N6S.C3H6O.2C2H6/c1-8-9(2)23-16-14(8)15(12-5-17-10(3)18-6-12)19-7-13-21-20-11(4)22(13)16;1-3(2)4;2*1-2/h5-6H,7H2,1-4H3;1-2H3;2*1-2H3. The highest BCUT2D eigenvalue weighted by molar-refractivity contribution is 7.15. The van der Waals surface area contributed by atoms with Crippen LogP contribution in [0.5, 0.6) is 0 Å². The number of carbonyl (C=O) groups is 1. The molecule has 0 radical (unpaired) electrons. The van der Waals surface area contributed by atoms with E-state index in [4.69, 9.17) is 4.99 Å². The van der Waals surface area contributed by atoms with Crippen LogP contribution < -0.4 is 0 Å². The van der Waals surface area contributed by atoms with E-state index >= 15 is 0 Å². The van der Waals surface area contributed by atoms with Crippen molar-refractivity contribution in [1.82, 2.24) is 24.7 Å². The lowest BCUT2D eigenvalue weighted by Crippen LogP contribution is -2.08. The smallest absolute Gasteiger partial charge is 0.160 e. The van der Waals surface area contributed by atoms with Gasteiger partial charge in [0.05, 0.1) is 5.71 Å². The summed E-state index contributed by atoms with van der Waals surface area (Å²) in [5.74, 6) is 2.68. The molecule has 0 fully saturated rings. The fourth-order valence-corrected chi connectivity index (χ4v) is 4.02. The zero-order chi connectivity index (χ0) is 23.7. The maximum Gasteiger partial charge on any atom is 0.160 e. The maximum atomic E-state index is 9.44. The molecular formula is C23H34N6OS. The summed E-state index contributed by atoms with van der Waals surface area (Å²) >= 11 is 1.75. The second-order valence-electron chi connectivity index (χ2n) is 6.55. The van der Waals surface area contributed by atoms with Crippen molar-refractivity contribution in [2.24, 2.45) is 4.99 Å². The molecule has 3 aromatic rings. The van der Waals surface area contributed by atoms with Gasteiger partial charge in [0.2, 0.25) is 0 Å². The number of thiophene rings is 1. The molecule has 4 heterocycles. The summed E-state index contributed by atoms with van der Waals surface area (Å²) in [6, 6.07) is 0. The first-order chi connectivity index (χ1) is 14.8. The summed E-state index contributed by atoms with van der Waals surface area (Å²) in [4.78, 5) is 24.2. The van der Waals surface area contributed by atoms with Crippen LogP contribution in [0.1, 0.15) is 80.6 Å². The number of Topliss-reactive ketones (excluding diaryl/α,β-unsaturated/α-hetero) is 1. The second kappa shape index (κ2) is 12.2. The topological polar surface area (TPSA) is 85.9 Å². The van der Waals surface area contributed by atoms with Gasteiger partial charge in [0.15, 0.2) is 5.82 Å². The summed E-state index contributed by atoms with van der Waals surface area (Å²) in [5, 5.41) is 9.62. The number of aromatic nitrogens is 5. The number of nitrogens with zero attached hydrogens (tertiary/aromatic N) is 6. The van der Waals surface area contributed by atoms with E-state index in [1.807, 2.05) is 53.9 Å². The molecule has 3 aromatic heterocycles. The maximum absolute atomic E-state index is 9.44. The molecule has 1 aliphatic heterocycles. The van der Waals surface area contributed by atoms with E-state index in [1.165, 1.54) is 24.3 Å². The van der Waals surface area contributed by atoms with Crippen molar-refractivity contribution in [2.45, 2.75) is 75.8 Å². The third kappa shape index (κ3) is 6.13. The lowest BCUT2D eigenvalue weighted by atomic mass is 10.0. The first-order valence-electron chi connectivity index (χ1n) is 10.6. The van der Waals surface area contributed by atoms with Gasteiger partial charge in [-0.25, -0.2) is 9.97 Å². The lowest BCUT2D eigenvalue weighted by molar-refractivity contribution is -0.114. The highest BCUT2D eigenvalue weighted by Gasteiger charge is 2.26. The highest BCUT2D eigenvalue weighted by Crippen LogP contribution is 2.35. The highest BCUT2D eigenvalue weighted by atomic mass is 32.1. The number of aryl methyl sites for hydroxylation is 3. The van der Waals surface area contributed by atoms with Gasteiger partial charge in [-0.15, -0.1) is 21.5 Å². The quantitative estimate of drug-likeness (QED) is 0.507. The van der Waals surface area contributed by atoms with E-state index in [1.54, 1.807) is 11.3 Å². The van der Waals surface area contributed by atoms with Gasteiger partial charge >= 0.3 is 0 Å². The molecule has 0 amide bonds. The molecule has 0 saturated heterocycles.